The molecule has 0 aliphatic carbocycles. The van der Waals surface area contributed by atoms with Gasteiger partial charge in [0.2, 0.25) is 11.8 Å². The Morgan fingerprint density at radius 3 is 2.88 bits per heavy atom. The van der Waals surface area contributed by atoms with Crippen LogP contribution in [0.5, 0.6) is 0 Å². The molecule has 16 heavy (non-hydrogen) atoms. The third-order valence-corrected chi connectivity index (χ3v) is 2.93. The molecular weight excluding hydrogens is 245 g/mol. The molecule has 1 aliphatic rings. The second-order valence-electron chi connectivity index (χ2n) is 3.28. The molecule has 0 aromatic carbocycles. The van der Waals surface area contributed by atoms with Crippen molar-refractivity contribution in [1.29, 1.82) is 0 Å². The molecule has 0 saturated carbocycles. The minimum atomic E-state index is -4.43. The van der Waals surface area contributed by atoms with Gasteiger partial charge in [0.25, 0.3) is 0 Å². The van der Waals surface area contributed by atoms with Gasteiger partial charge in [-0.25, -0.2) is 0 Å². The van der Waals surface area contributed by atoms with Gasteiger partial charge in [0.1, 0.15) is 12.6 Å². The normalized spacial score (nSPS) is 22.2. The first kappa shape index (κ1) is 13.1. The molecule has 1 saturated heterocycles. The molecule has 8 heteroatoms. The van der Waals surface area contributed by atoms with Crippen LogP contribution in [0, 0.1) is 0 Å². The smallest absolute Gasteiger partial charge is 0.345 e. The number of nitrogens with one attached hydrogen (secondary N) is 2. The summed E-state index contributed by atoms with van der Waals surface area (Å²) < 4.78 is 35.5. The van der Waals surface area contributed by atoms with Crippen LogP contribution in [0.15, 0.2) is 0 Å². The lowest BCUT2D eigenvalue weighted by Crippen LogP contribution is -2.49. The summed E-state index contributed by atoms with van der Waals surface area (Å²) in [5.41, 5.74) is 0. The number of amides is 2. The largest absolute Gasteiger partial charge is 0.405 e. The molecule has 92 valence electrons. The van der Waals surface area contributed by atoms with E-state index in [2.05, 4.69) is 5.32 Å². The summed E-state index contributed by atoms with van der Waals surface area (Å²) in [5, 5.41) is 4.12. The Morgan fingerprint density at radius 1 is 1.56 bits per heavy atom. The van der Waals surface area contributed by atoms with Gasteiger partial charge >= 0.3 is 6.18 Å². The molecule has 1 fully saturated rings. The quantitative estimate of drug-likeness (QED) is 0.746. The van der Waals surface area contributed by atoms with E-state index in [9.17, 15) is 22.8 Å². The monoisotopic (exact) mass is 256 g/mol. The fourth-order valence-electron chi connectivity index (χ4n) is 1.13. The SMILES string of the molecule is O=C1CCSC[C@H](C(=O)NCC(F)(F)F)N1. The number of carbonyl (C=O) groups excluding carboxylic acids is 2. The van der Waals surface area contributed by atoms with Crippen LogP contribution in [0.3, 0.4) is 0 Å². The second kappa shape index (κ2) is 5.42. The van der Waals surface area contributed by atoms with Crippen molar-refractivity contribution < 1.29 is 22.8 Å². The number of hydrogen-bond donors (Lipinski definition) is 2. The molecule has 0 bridgehead atoms. The Bertz CT molecular complexity index is 283. The molecule has 0 unspecified atom stereocenters. The summed E-state index contributed by atoms with van der Waals surface area (Å²) in [4.78, 5) is 22.4. The summed E-state index contributed by atoms with van der Waals surface area (Å²) >= 11 is 1.36. The highest BCUT2D eigenvalue weighted by molar-refractivity contribution is 7.99. The van der Waals surface area contributed by atoms with Gasteiger partial charge in [-0.2, -0.15) is 24.9 Å². The van der Waals surface area contributed by atoms with Gasteiger partial charge in [-0.1, -0.05) is 0 Å². The van der Waals surface area contributed by atoms with E-state index in [1.807, 2.05) is 0 Å². The van der Waals surface area contributed by atoms with Crippen LogP contribution in [0.1, 0.15) is 6.42 Å². The average Bonchev–Trinajstić information content (AvgIpc) is 2.38. The standard InChI is InChI=1S/C8H11F3N2O2S/c9-8(10,11)4-12-7(15)5-3-16-2-1-6(14)13-5/h5H,1-4H2,(H,12,15)(H,13,14)/t5-/m1/s1. The van der Waals surface area contributed by atoms with Crippen molar-refractivity contribution in [1.82, 2.24) is 10.6 Å². The predicted molar refractivity (Wildman–Crippen MR) is 52.9 cm³/mol. The van der Waals surface area contributed by atoms with Crippen LogP contribution in [0.25, 0.3) is 0 Å². The number of thioether (sulfide) groups is 1. The van der Waals surface area contributed by atoms with Crippen molar-refractivity contribution in [2.45, 2.75) is 18.6 Å². The van der Waals surface area contributed by atoms with Gasteiger partial charge in [-0.05, 0) is 0 Å². The topological polar surface area (TPSA) is 58.2 Å². The van der Waals surface area contributed by atoms with E-state index >= 15 is 0 Å². The highest BCUT2D eigenvalue weighted by Crippen LogP contribution is 2.13. The van der Waals surface area contributed by atoms with E-state index < -0.39 is 24.7 Å². The lowest BCUT2D eigenvalue weighted by Gasteiger charge is -2.16. The van der Waals surface area contributed by atoms with E-state index in [1.54, 1.807) is 5.32 Å². The summed E-state index contributed by atoms with van der Waals surface area (Å²) in [5.74, 6) is -0.221. The molecule has 0 radical (unpaired) electrons. The number of carbonyl (C=O) groups is 2. The maximum Gasteiger partial charge on any atom is 0.405 e. The highest BCUT2D eigenvalue weighted by Gasteiger charge is 2.30. The molecule has 2 amide bonds. The van der Waals surface area contributed by atoms with Crippen molar-refractivity contribution in [3.8, 4) is 0 Å². The maximum atomic E-state index is 11.8. The summed E-state index contributed by atoms with van der Waals surface area (Å²) in [6, 6.07) is -0.873. The predicted octanol–water partition coefficient (Wildman–Crippen LogP) is 0.287. The summed E-state index contributed by atoms with van der Waals surface area (Å²) in [6.45, 7) is -1.37. The van der Waals surface area contributed by atoms with Crippen molar-refractivity contribution in [2.24, 2.45) is 0 Å². The summed E-state index contributed by atoms with van der Waals surface area (Å²) in [6.07, 6.45) is -4.15. The fourth-order valence-corrected chi connectivity index (χ4v) is 2.09. The average molecular weight is 256 g/mol. The second-order valence-corrected chi connectivity index (χ2v) is 4.43. The first-order valence-electron chi connectivity index (χ1n) is 4.60. The fraction of sp³-hybridized carbons (Fsp3) is 0.750. The molecule has 1 heterocycles. The molecule has 1 atom stereocenters. The maximum absolute atomic E-state index is 11.8. The minimum Gasteiger partial charge on any atom is -0.345 e. The molecule has 1 rings (SSSR count). The number of halogens is 3. The van der Waals surface area contributed by atoms with E-state index in [0.29, 0.717) is 11.5 Å². The van der Waals surface area contributed by atoms with Crippen LogP contribution in [-0.4, -0.2) is 42.1 Å². The Kier molecular flexibility index (Phi) is 4.45. The van der Waals surface area contributed by atoms with Crippen molar-refractivity contribution in [2.75, 3.05) is 18.1 Å². The van der Waals surface area contributed by atoms with E-state index in [1.165, 1.54) is 11.8 Å². The van der Waals surface area contributed by atoms with Gasteiger partial charge in [0, 0.05) is 17.9 Å². The molecule has 0 spiro atoms. The number of rotatable bonds is 2. The van der Waals surface area contributed by atoms with Crippen molar-refractivity contribution >= 4 is 23.6 Å². The number of alkyl halides is 3. The minimum absolute atomic E-state index is 0.285. The van der Waals surface area contributed by atoms with Gasteiger partial charge < -0.3 is 10.6 Å². The van der Waals surface area contributed by atoms with Gasteiger partial charge in [-0.3, -0.25) is 9.59 Å². The first-order chi connectivity index (χ1) is 7.38. The Balaban J connectivity index is 2.43. The van der Waals surface area contributed by atoms with Crippen LogP contribution in [0.2, 0.25) is 0 Å². The van der Waals surface area contributed by atoms with Crippen LogP contribution < -0.4 is 10.6 Å². The van der Waals surface area contributed by atoms with Gasteiger partial charge in [0.15, 0.2) is 0 Å². The van der Waals surface area contributed by atoms with Crippen LogP contribution >= 0.6 is 11.8 Å². The van der Waals surface area contributed by atoms with Crippen molar-refractivity contribution in [3.63, 3.8) is 0 Å². The zero-order valence-electron chi connectivity index (χ0n) is 8.26. The Morgan fingerprint density at radius 2 is 2.25 bits per heavy atom. The third-order valence-electron chi connectivity index (χ3n) is 1.87. The Labute approximate surface area is 94.3 Å². The molecule has 4 nitrogen and oxygen atoms in total. The van der Waals surface area contributed by atoms with Crippen molar-refractivity contribution in [3.05, 3.63) is 0 Å². The molecule has 0 aromatic heterocycles. The molecule has 1 aliphatic heterocycles. The van der Waals surface area contributed by atoms with E-state index in [4.69, 9.17) is 0 Å². The van der Waals surface area contributed by atoms with Gasteiger partial charge in [-0.15, -0.1) is 0 Å². The van der Waals surface area contributed by atoms with E-state index in [0.717, 1.165) is 0 Å². The van der Waals surface area contributed by atoms with Crippen LogP contribution in [0.4, 0.5) is 13.2 Å². The molecule has 0 aromatic rings. The summed E-state index contributed by atoms with van der Waals surface area (Å²) in [7, 11) is 0. The zero-order valence-corrected chi connectivity index (χ0v) is 9.08. The molecule has 2 N–H and O–H groups in total. The van der Waals surface area contributed by atoms with E-state index in [-0.39, 0.29) is 12.3 Å². The number of hydrogen-bond acceptors (Lipinski definition) is 3. The lowest BCUT2D eigenvalue weighted by molar-refractivity contribution is -0.140. The van der Waals surface area contributed by atoms with Gasteiger partial charge in [0.05, 0.1) is 0 Å². The lowest BCUT2D eigenvalue weighted by atomic mass is 10.3. The molecular formula is C8H11F3N2O2S. The highest BCUT2D eigenvalue weighted by atomic mass is 32.2. The third kappa shape index (κ3) is 4.73. The zero-order chi connectivity index (χ0) is 12.2. The first-order valence-corrected chi connectivity index (χ1v) is 5.75. The Hall–Kier alpha value is -0.920. The van der Waals surface area contributed by atoms with Crippen LogP contribution in [-0.2, 0) is 9.59 Å².